The summed E-state index contributed by atoms with van der Waals surface area (Å²) in [6.07, 6.45) is 3.03. The van der Waals surface area contributed by atoms with Gasteiger partial charge in [0.15, 0.2) is 0 Å². The highest BCUT2D eigenvalue weighted by atomic mass is 35.5. The van der Waals surface area contributed by atoms with E-state index in [9.17, 15) is 50.7 Å². The number of amides is 1. The molecule has 21 heteroatoms. The number of alkyl halides is 3. The molecule has 0 radical (unpaired) electrons. The third-order valence-electron chi connectivity index (χ3n) is 13.0. The molecule has 4 bridgehead atoms. The van der Waals surface area contributed by atoms with E-state index in [1.165, 1.54) is 93.3 Å². The summed E-state index contributed by atoms with van der Waals surface area (Å²) in [6, 6.07) is 33.8. The van der Waals surface area contributed by atoms with E-state index < -0.39 is 57.9 Å². The molecule has 4 aromatic carbocycles. The first kappa shape index (κ1) is 56.1. The van der Waals surface area contributed by atoms with Crippen molar-refractivity contribution >= 4 is 74.5 Å². The molecule has 5 N–H and O–H groups in total. The third-order valence-corrected chi connectivity index (χ3v) is 15.2. The number of furan rings is 1. The molecule has 1 amide bonds. The summed E-state index contributed by atoms with van der Waals surface area (Å²) in [5.41, 5.74) is 1.62. The normalized spacial score (nSPS) is 19.2. The number of hydrogen-bond acceptors (Lipinski definition) is 9. The molecule has 0 spiro atoms. The van der Waals surface area contributed by atoms with E-state index in [0.717, 1.165) is 27.2 Å². The molecule has 15 nitrogen and oxygen atoms in total. The number of aromatic carboxylic acids is 1. The number of anilines is 2. The number of nitrogens with one attached hydrogen (secondary N) is 1. The Morgan fingerprint density at radius 1 is 0.730 bits per heavy atom. The molecule has 4 saturated carbocycles. The van der Waals surface area contributed by atoms with Crippen molar-refractivity contribution in [3.05, 3.63) is 166 Å². The van der Waals surface area contributed by atoms with Crippen molar-refractivity contribution < 1.29 is 70.4 Å². The number of para-hydroxylation sites is 1. The average Bonchev–Trinajstić information content (AvgIpc) is 3.81. The standard InChI is InChI=1S/C18H21ClO2.C13H12N2O4S.C12H6ClF3O3.C10H11NO3/c19-16-3-1-13(2-4-16)18(10-17(20)21)14-6-11-5-12(8-14)9-15(18)7-11;16-13(17)10-15(12-8-4-5-9-14-12)20(18,19)11-6-2-1-3-7-11;13-7-3-1-6(2-4-7)9-5-8(11(17)18)10(19-9)12(14,15)16;1-7(12)11-9-5-3-2-4-8(9)6-10(13)14/h1-4,11-12,14-15H,5-10H2,(H,20,21);1-9H,10H2,(H,16,17);1-5H,(H,17,18);2-5H,6H2,1H3,(H,11,12)(H,13,14). The van der Waals surface area contributed by atoms with Crippen LogP contribution in [0, 0.1) is 23.7 Å². The van der Waals surface area contributed by atoms with E-state index in [4.69, 9.17) is 38.5 Å². The Morgan fingerprint density at radius 3 is 1.77 bits per heavy atom. The molecule has 10 rings (SSSR count). The monoisotopic (exact) mass is 1080 g/mol. The fraction of sp³-hybridized carbons (Fsp3) is 0.283. The SMILES string of the molecule is CC(=O)Nc1ccccc1CC(=O)O.O=C(O)CC1(c2ccc(Cl)cc2)C2CC3CC(C2)CC1C3.O=C(O)CN(c1ccccn1)S(=O)(=O)c1ccccc1.O=C(O)c1cc(-c2ccc(Cl)cc2)oc1C(F)(F)F. The number of hydrogen-bond donors (Lipinski definition) is 5. The van der Waals surface area contributed by atoms with Crippen molar-refractivity contribution in [2.24, 2.45) is 23.7 Å². The number of halogens is 5. The van der Waals surface area contributed by atoms with Crippen LogP contribution in [0.3, 0.4) is 0 Å². The Morgan fingerprint density at radius 2 is 1.28 bits per heavy atom. The first-order chi connectivity index (χ1) is 35.0. The molecular formula is C53H50Cl2F3N3O12S. The van der Waals surface area contributed by atoms with Crippen LogP contribution in [0.15, 0.2) is 143 Å². The molecule has 6 aromatic rings. The molecule has 390 valence electrons. The molecule has 0 aliphatic heterocycles. The summed E-state index contributed by atoms with van der Waals surface area (Å²) in [7, 11) is -3.96. The summed E-state index contributed by atoms with van der Waals surface area (Å²) < 4.78 is 68.2. The second-order valence-corrected chi connectivity index (χ2v) is 20.6. The molecule has 0 saturated heterocycles. The van der Waals surface area contributed by atoms with Crippen molar-refractivity contribution in [2.45, 2.75) is 68.4 Å². The molecule has 0 atom stereocenters. The first-order valence-electron chi connectivity index (χ1n) is 22.9. The zero-order valence-corrected chi connectivity index (χ0v) is 41.7. The quantitative estimate of drug-likeness (QED) is 0.0724. The van der Waals surface area contributed by atoms with Crippen molar-refractivity contribution in [1.82, 2.24) is 4.98 Å². The minimum atomic E-state index is -4.86. The van der Waals surface area contributed by atoms with E-state index in [0.29, 0.717) is 33.7 Å². The number of carboxylic acid groups (broad SMARTS) is 4. The molecule has 4 aliphatic rings. The predicted octanol–water partition coefficient (Wildman–Crippen LogP) is 11.5. The first-order valence-corrected chi connectivity index (χ1v) is 25.1. The largest absolute Gasteiger partial charge is 0.481 e. The molecule has 0 unspecified atom stereocenters. The van der Waals surface area contributed by atoms with Crippen molar-refractivity contribution in [2.75, 3.05) is 16.2 Å². The van der Waals surface area contributed by atoms with Crippen LogP contribution < -0.4 is 9.62 Å². The summed E-state index contributed by atoms with van der Waals surface area (Å²) in [5, 5.41) is 39.6. The number of aromatic nitrogens is 1. The van der Waals surface area contributed by atoms with Crippen LogP contribution in [0.4, 0.5) is 24.7 Å². The lowest BCUT2D eigenvalue weighted by Gasteiger charge is -2.61. The second kappa shape index (κ2) is 24.2. The smallest absolute Gasteiger partial charge is 0.450 e. The predicted molar refractivity (Wildman–Crippen MR) is 268 cm³/mol. The van der Waals surface area contributed by atoms with Gasteiger partial charge in [-0.1, -0.05) is 77.8 Å². The minimum absolute atomic E-state index is 0.0203. The van der Waals surface area contributed by atoms with Gasteiger partial charge in [-0.2, -0.15) is 13.2 Å². The van der Waals surface area contributed by atoms with Crippen molar-refractivity contribution in [3.63, 3.8) is 0 Å². The highest BCUT2D eigenvalue weighted by molar-refractivity contribution is 7.92. The molecule has 74 heavy (non-hydrogen) atoms. The lowest BCUT2D eigenvalue weighted by molar-refractivity contribution is -0.153. The van der Waals surface area contributed by atoms with E-state index in [-0.39, 0.29) is 40.6 Å². The van der Waals surface area contributed by atoms with Crippen molar-refractivity contribution in [1.29, 1.82) is 0 Å². The van der Waals surface area contributed by atoms with Gasteiger partial charge in [-0.3, -0.25) is 19.2 Å². The number of rotatable bonds is 13. The maximum absolute atomic E-state index is 12.6. The maximum atomic E-state index is 12.6. The van der Waals surface area contributed by atoms with Crippen LogP contribution in [0.25, 0.3) is 11.3 Å². The Kier molecular flexibility index (Phi) is 18.3. The molecule has 4 fully saturated rings. The number of pyridine rings is 1. The second-order valence-electron chi connectivity index (χ2n) is 17.9. The maximum Gasteiger partial charge on any atom is 0.450 e. The van der Waals surface area contributed by atoms with Gasteiger partial charge in [0.05, 0.1) is 17.7 Å². The Hall–Kier alpha value is -7.22. The average molecular weight is 1080 g/mol. The van der Waals surface area contributed by atoms with Gasteiger partial charge in [0.1, 0.15) is 23.7 Å². The topological polar surface area (TPSA) is 242 Å². The highest BCUT2D eigenvalue weighted by Gasteiger charge is 2.58. The third kappa shape index (κ3) is 14.1. The van der Waals surface area contributed by atoms with Gasteiger partial charge in [0.2, 0.25) is 11.7 Å². The zero-order chi connectivity index (χ0) is 54.0. The lowest BCUT2D eigenvalue weighted by Crippen LogP contribution is -2.56. The van der Waals surface area contributed by atoms with E-state index >= 15 is 0 Å². The van der Waals surface area contributed by atoms with Crippen LogP contribution in [0.2, 0.25) is 10.0 Å². The van der Waals surface area contributed by atoms with Gasteiger partial charge in [-0.15, -0.1) is 0 Å². The van der Waals surface area contributed by atoms with Crippen LogP contribution in [0.5, 0.6) is 0 Å². The lowest BCUT2D eigenvalue weighted by atomic mass is 9.43. The van der Waals surface area contributed by atoms with Gasteiger partial charge < -0.3 is 30.2 Å². The number of carbonyl (C=O) groups excluding carboxylic acids is 1. The van der Waals surface area contributed by atoms with E-state index in [2.05, 4.69) is 26.9 Å². The molecule has 4 aliphatic carbocycles. The van der Waals surface area contributed by atoms with Crippen molar-refractivity contribution in [3.8, 4) is 11.3 Å². The molecule has 2 heterocycles. The minimum Gasteiger partial charge on any atom is -0.481 e. The molecule has 2 aromatic heterocycles. The van der Waals surface area contributed by atoms with Crippen LogP contribution in [-0.2, 0) is 47.2 Å². The number of benzene rings is 4. The Bertz CT molecular complexity index is 2990. The number of carbonyl (C=O) groups is 5. The highest BCUT2D eigenvalue weighted by Crippen LogP contribution is 2.64. The van der Waals surface area contributed by atoms with Gasteiger partial charge in [-0.05, 0) is 140 Å². The van der Waals surface area contributed by atoms with Crippen LogP contribution in [-0.4, -0.2) is 70.2 Å². The number of sulfonamides is 1. The van der Waals surface area contributed by atoms with E-state index in [1.54, 1.807) is 54.6 Å². The number of nitrogens with zero attached hydrogens (tertiary/aromatic N) is 2. The van der Waals surface area contributed by atoms with E-state index in [1.807, 2.05) is 12.1 Å². The summed E-state index contributed by atoms with van der Waals surface area (Å²) >= 11 is 11.7. The number of carboxylic acids is 4. The molecular weight excluding hydrogens is 1030 g/mol. The Balaban J connectivity index is 0.000000162. The number of aliphatic carboxylic acids is 3. The summed E-state index contributed by atoms with van der Waals surface area (Å²) in [5.74, 6) is -3.57. The Labute approximate surface area is 433 Å². The van der Waals surface area contributed by atoms with Gasteiger partial charge in [0.25, 0.3) is 10.0 Å². The fourth-order valence-electron chi connectivity index (χ4n) is 10.2. The van der Waals surface area contributed by atoms with Crippen LogP contribution in [0.1, 0.15) is 72.7 Å². The summed E-state index contributed by atoms with van der Waals surface area (Å²) in [6.45, 7) is 0.700. The van der Waals surface area contributed by atoms with Gasteiger partial charge in [-0.25, -0.2) is 22.5 Å². The van der Waals surface area contributed by atoms with Gasteiger partial charge >= 0.3 is 30.1 Å². The zero-order valence-electron chi connectivity index (χ0n) is 39.4. The van der Waals surface area contributed by atoms with Gasteiger partial charge in [0, 0.05) is 39.8 Å². The summed E-state index contributed by atoms with van der Waals surface area (Å²) in [4.78, 5) is 58.5. The van der Waals surface area contributed by atoms with Crippen LogP contribution >= 0.6 is 23.2 Å². The fourth-order valence-corrected chi connectivity index (χ4v) is 11.8.